The Morgan fingerprint density at radius 2 is 1.94 bits per heavy atom. The van der Waals surface area contributed by atoms with Gasteiger partial charge in [0.05, 0.1) is 11.2 Å². The van der Waals surface area contributed by atoms with E-state index in [2.05, 4.69) is 13.0 Å². The molecule has 0 amide bonds. The maximum Gasteiger partial charge on any atom is 0.0833 e. The first-order valence-corrected chi connectivity index (χ1v) is 6.78. The van der Waals surface area contributed by atoms with Crippen LogP contribution in [0, 0.1) is 17.3 Å². The van der Waals surface area contributed by atoms with E-state index in [1.54, 1.807) is 0 Å². The minimum Gasteiger partial charge on any atom is -0.390 e. The smallest absolute Gasteiger partial charge is 0.0833 e. The van der Waals surface area contributed by atoms with Crippen LogP contribution in [0.4, 0.5) is 0 Å². The molecule has 17 heavy (non-hydrogen) atoms. The van der Waals surface area contributed by atoms with Crippen molar-refractivity contribution in [2.75, 3.05) is 0 Å². The molecular weight excluding hydrogens is 212 g/mol. The van der Waals surface area contributed by atoms with Gasteiger partial charge in [0.25, 0.3) is 0 Å². The van der Waals surface area contributed by atoms with E-state index < -0.39 is 11.2 Å². The average molecular weight is 238 g/mol. The van der Waals surface area contributed by atoms with Gasteiger partial charge in [0.1, 0.15) is 0 Å². The second-order valence-electron chi connectivity index (χ2n) is 7.16. The van der Waals surface area contributed by atoms with Crippen LogP contribution in [0.3, 0.4) is 0 Å². The molecule has 0 saturated heterocycles. The number of hydrogen-bond donors (Lipinski definition) is 2. The van der Waals surface area contributed by atoms with Crippen molar-refractivity contribution in [2.24, 2.45) is 17.3 Å². The highest BCUT2D eigenvalue weighted by Gasteiger charge is 2.50. The highest BCUT2D eigenvalue weighted by Crippen LogP contribution is 2.54. The summed E-state index contributed by atoms with van der Waals surface area (Å²) >= 11 is 0. The van der Waals surface area contributed by atoms with Crippen LogP contribution in [0.2, 0.25) is 0 Å². The van der Waals surface area contributed by atoms with Gasteiger partial charge in [0.15, 0.2) is 0 Å². The van der Waals surface area contributed by atoms with Gasteiger partial charge in [0.2, 0.25) is 0 Å². The summed E-state index contributed by atoms with van der Waals surface area (Å²) in [6.07, 6.45) is 8.24. The van der Waals surface area contributed by atoms with E-state index in [1.165, 1.54) is 0 Å². The Morgan fingerprint density at radius 3 is 2.53 bits per heavy atom. The van der Waals surface area contributed by atoms with Crippen LogP contribution in [0.1, 0.15) is 53.4 Å². The summed E-state index contributed by atoms with van der Waals surface area (Å²) < 4.78 is 0. The lowest BCUT2D eigenvalue weighted by Crippen LogP contribution is -2.51. The summed E-state index contributed by atoms with van der Waals surface area (Å²) in [6.45, 7) is 8.00. The van der Waals surface area contributed by atoms with Crippen LogP contribution in [-0.4, -0.2) is 21.4 Å². The van der Waals surface area contributed by atoms with Crippen LogP contribution in [0.15, 0.2) is 12.2 Å². The number of rotatable bonds is 1. The molecule has 2 aliphatic rings. The predicted octanol–water partition coefficient (Wildman–Crippen LogP) is 2.89. The highest BCUT2D eigenvalue weighted by atomic mass is 16.3. The molecule has 2 aliphatic carbocycles. The standard InChI is InChI=1S/C15H26O2/c1-13(2,16)11-6-9-14(3)7-5-8-15(4,17)12(14)10-11/h5,8,11-12,16-17H,6-7,9-10H2,1-4H3/t11-,12+,14+,15+/m0/s1. The lowest BCUT2D eigenvalue weighted by atomic mass is 9.54. The molecule has 1 saturated carbocycles. The first-order valence-electron chi connectivity index (χ1n) is 6.78. The van der Waals surface area contributed by atoms with Gasteiger partial charge in [-0.05, 0) is 63.7 Å². The molecule has 0 radical (unpaired) electrons. The Hall–Kier alpha value is -0.340. The quantitative estimate of drug-likeness (QED) is 0.690. The van der Waals surface area contributed by atoms with Crippen LogP contribution >= 0.6 is 0 Å². The SMILES string of the molecule is CC(C)(O)[C@H]1CC[C@@]2(C)CC=C[C@@](C)(O)[C@@H]2C1. The topological polar surface area (TPSA) is 40.5 Å². The predicted molar refractivity (Wildman–Crippen MR) is 69.6 cm³/mol. The molecular formula is C15H26O2. The molecule has 2 rings (SSSR count). The third-order valence-corrected chi connectivity index (χ3v) is 5.17. The third-order valence-electron chi connectivity index (χ3n) is 5.17. The van der Waals surface area contributed by atoms with E-state index in [4.69, 9.17) is 0 Å². The van der Waals surface area contributed by atoms with Crippen LogP contribution < -0.4 is 0 Å². The zero-order chi connectivity index (χ0) is 12.9. The van der Waals surface area contributed by atoms with E-state index in [1.807, 2.05) is 26.8 Å². The van der Waals surface area contributed by atoms with Gasteiger partial charge in [-0.25, -0.2) is 0 Å². The first kappa shape index (κ1) is 13.1. The zero-order valence-electron chi connectivity index (χ0n) is 11.5. The molecule has 0 aliphatic heterocycles. The Balaban J connectivity index is 2.25. The fourth-order valence-corrected chi connectivity index (χ4v) is 3.88. The fourth-order valence-electron chi connectivity index (χ4n) is 3.88. The van der Waals surface area contributed by atoms with Crippen molar-refractivity contribution in [3.63, 3.8) is 0 Å². The van der Waals surface area contributed by atoms with E-state index in [0.29, 0.717) is 5.92 Å². The summed E-state index contributed by atoms with van der Waals surface area (Å²) in [5, 5.41) is 20.7. The number of aliphatic hydroxyl groups is 2. The van der Waals surface area contributed by atoms with Gasteiger partial charge in [-0.15, -0.1) is 0 Å². The van der Waals surface area contributed by atoms with Crippen molar-refractivity contribution < 1.29 is 10.2 Å². The van der Waals surface area contributed by atoms with Crippen molar-refractivity contribution in [1.29, 1.82) is 0 Å². The molecule has 1 fully saturated rings. The minimum atomic E-state index is -0.711. The van der Waals surface area contributed by atoms with Gasteiger partial charge in [-0.3, -0.25) is 0 Å². The van der Waals surface area contributed by atoms with Crippen molar-refractivity contribution in [1.82, 2.24) is 0 Å². The molecule has 4 atom stereocenters. The van der Waals surface area contributed by atoms with Gasteiger partial charge in [-0.2, -0.15) is 0 Å². The molecule has 2 heteroatoms. The Morgan fingerprint density at radius 1 is 1.29 bits per heavy atom. The second kappa shape index (κ2) is 3.83. The van der Waals surface area contributed by atoms with E-state index in [9.17, 15) is 10.2 Å². The summed E-state index contributed by atoms with van der Waals surface area (Å²) in [5.74, 6) is 0.573. The van der Waals surface area contributed by atoms with Gasteiger partial charge in [0, 0.05) is 0 Å². The van der Waals surface area contributed by atoms with Crippen molar-refractivity contribution in [3.8, 4) is 0 Å². The molecule has 0 aromatic heterocycles. The van der Waals surface area contributed by atoms with E-state index >= 15 is 0 Å². The van der Waals surface area contributed by atoms with E-state index in [0.717, 1.165) is 25.7 Å². The third kappa shape index (κ3) is 2.30. The summed E-state index contributed by atoms with van der Waals surface area (Å²) in [5.41, 5.74) is -1.13. The van der Waals surface area contributed by atoms with Crippen LogP contribution in [-0.2, 0) is 0 Å². The summed E-state index contributed by atoms with van der Waals surface area (Å²) in [6, 6.07) is 0. The van der Waals surface area contributed by atoms with E-state index in [-0.39, 0.29) is 11.3 Å². The molecule has 0 heterocycles. The molecule has 0 aromatic rings. The second-order valence-corrected chi connectivity index (χ2v) is 7.16. The Labute approximate surface area is 105 Å². The molecule has 98 valence electrons. The average Bonchev–Trinajstić information content (AvgIpc) is 2.14. The maximum absolute atomic E-state index is 10.5. The summed E-state index contributed by atoms with van der Waals surface area (Å²) in [4.78, 5) is 0. The summed E-state index contributed by atoms with van der Waals surface area (Å²) in [7, 11) is 0. The molecule has 0 spiro atoms. The monoisotopic (exact) mass is 238 g/mol. The van der Waals surface area contributed by atoms with Crippen molar-refractivity contribution >= 4 is 0 Å². The van der Waals surface area contributed by atoms with Crippen LogP contribution in [0.25, 0.3) is 0 Å². The van der Waals surface area contributed by atoms with Crippen molar-refractivity contribution in [2.45, 2.75) is 64.6 Å². The minimum absolute atomic E-state index is 0.208. The number of allylic oxidation sites excluding steroid dienone is 1. The van der Waals surface area contributed by atoms with Crippen LogP contribution in [0.5, 0.6) is 0 Å². The Kier molecular flexibility index (Phi) is 2.95. The molecule has 2 N–H and O–H groups in total. The number of hydrogen-bond acceptors (Lipinski definition) is 2. The molecule has 2 nitrogen and oxygen atoms in total. The maximum atomic E-state index is 10.5. The largest absolute Gasteiger partial charge is 0.390 e. The first-order chi connectivity index (χ1) is 7.65. The van der Waals surface area contributed by atoms with Gasteiger partial charge >= 0.3 is 0 Å². The fraction of sp³-hybridized carbons (Fsp3) is 0.867. The Bertz CT molecular complexity index is 324. The highest BCUT2D eigenvalue weighted by molar-refractivity contribution is 5.15. The lowest BCUT2D eigenvalue weighted by Gasteiger charge is -2.53. The van der Waals surface area contributed by atoms with Gasteiger partial charge in [-0.1, -0.05) is 19.1 Å². The zero-order valence-corrected chi connectivity index (χ0v) is 11.5. The van der Waals surface area contributed by atoms with Crippen molar-refractivity contribution in [3.05, 3.63) is 12.2 Å². The normalized spacial score (nSPS) is 46.7. The lowest BCUT2D eigenvalue weighted by molar-refractivity contribution is -0.102. The van der Waals surface area contributed by atoms with Gasteiger partial charge < -0.3 is 10.2 Å². The molecule has 0 aromatic carbocycles. The molecule has 0 bridgehead atoms. The number of fused-ring (bicyclic) bond motifs is 1. The molecule has 0 unspecified atom stereocenters.